The van der Waals surface area contributed by atoms with Crippen LogP contribution in [0.2, 0.25) is 5.02 Å². The van der Waals surface area contributed by atoms with Crippen molar-refractivity contribution < 1.29 is 4.74 Å². The van der Waals surface area contributed by atoms with E-state index >= 15 is 0 Å². The van der Waals surface area contributed by atoms with Crippen LogP contribution in [-0.4, -0.2) is 6.61 Å². The summed E-state index contributed by atoms with van der Waals surface area (Å²) in [5.74, 6) is 0.681. The third-order valence-corrected chi connectivity index (χ3v) is 2.71. The topological polar surface area (TPSA) is 35.2 Å². The molecule has 0 bridgehead atoms. The average Bonchev–Trinajstić information content (AvgIpc) is 2.26. The van der Waals surface area contributed by atoms with Crippen molar-refractivity contribution in [2.24, 2.45) is 5.73 Å². The monoisotopic (exact) mass is 239 g/mol. The van der Waals surface area contributed by atoms with Gasteiger partial charge in [-0.05, 0) is 36.6 Å². The molecule has 1 atom stereocenters. The number of hydrogen-bond acceptors (Lipinski definition) is 2. The maximum atomic E-state index is 6.09. The molecule has 1 aromatic carbocycles. The molecule has 0 amide bonds. The van der Waals surface area contributed by atoms with Crippen molar-refractivity contribution in [2.75, 3.05) is 6.61 Å². The molecule has 0 aromatic heterocycles. The van der Waals surface area contributed by atoms with E-state index in [2.05, 4.69) is 6.58 Å². The smallest absolute Gasteiger partial charge is 0.138 e. The molecule has 0 unspecified atom stereocenters. The molecule has 0 heterocycles. The highest BCUT2D eigenvalue weighted by atomic mass is 35.5. The van der Waals surface area contributed by atoms with E-state index in [0.29, 0.717) is 17.4 Å². The summed E-state index contributed by atoms with van der Waals surface area (Å²) in [6.45, 7) is 8.35. The first-order chi connectivity index (χ1) is 7.54. The highest BCUT2D eigenvalue weighted by molar-refractivity contribution is 6.32. The first-order valence-corrected chi connectivity index (χ1v) is 5.76. The summed E-state index contributed by atoms with van der Waals surface area (Å²) < 4.78 is 5.55. The lowest BCUT2D eigenvalue weighted by atomic mass is 10.1. The van der Waals surface area contributed by atoms with Crippen molar-refractivity contribution >= 4 is 11.6 Å². The van der Waals surface area contributed by atoms with Crippen molar-refractivity contribution in [2.45, 2.75) is 26.3 Å². The van der Waals surface area contributed by atoms with Crippen LogP contribution >= 0.6 is 11.6 Å². The van der Waals surface area contributed by atoms with Crippen molar-refractivity contribution in [3.8, 4) is 5.75 Å². The van der Waals surface area contributed by atoms with E-state index < -0.39 is 0 Å². The number of benzene rings is 1. The van der Waals surface area contributed by atoms with Gasteiger partial charge < -0.3 is 10.5 Å². The molecule has 0 fully saturated rings. The summed E-state index contributed by atoms with van der Waals surface area (Å²) in [6, 6.07) is 5.61. The first-order valence-electron chi connectivity index (χ1n) is 5.39. The Hall–Kier alpha value is -0.990. The van der Waals surface area contributed by atoms with Gasteiger partial charge in [0.15, 0.2) is 0 Å². The van der Waals surface area contributed by atoms with Gasteiger partial charge in [0.25, 0.3) is 0 Å². The van der Waals surface area contributed by atoms with Gasteiger partial charge in [-0.25, -0.2) is 0 Å². The third-order valence-electron chi connectivity index (χ3n) is 2.41. The highest BCUT2D eigenvalue weighted by Crippen LogP contribution is 2.27. The van der Waals surface area contributed by atoms with Crippen molar-refractivity contribution in [3.05, 3.63) is 40.9 Å². The maximum Gasteiger partial charge on any atom is 0.138 e. The summed E-state index contributed by atoms with van der Waals surface area (Å²) in [6.07, 6.45) is 0.912. The van der Waals surface area contributed by atoms with E-state index in [4.69, 9.17) is 22.1 Å². The Balaban J connectivity index is 2.72. The van der Waals surface area contributed by atoms with Gasteiger partial charge in [0.05, 0.1) is 5.02 Å². The predicted octanol–water partition coefficient (Wildman–Crippen LogP) is 3.70. The predicted molar refractivity (Wildman–Crippen MR) is 69.0 cm³/mol. The lowest BCUT2D eigenvalue weighted by Gasteiger charge is -2.11. The van der Waals surface area contributed by atoms with Crippen LogP contribution in [0.3, 0.4) is 0 Å². The van der Waals surface area contributed by atoms with Gasteiger partial charge >= 0.3 is 0 Å². The van der Waals surface area contributed by atoms with Crippen LogP contribution in [0.1, 0.15) is 31.9 Å². The Kier molecular flexibility index (Phi) is 4.84. The second-order valence-corrected chi connectivity index (χ2v) is 4.28. The lowest BCUT2D eigenvalue weighted by molar-refractivity contribution is 0.349. The zero-order chi connectivity index (χ0) is 12.1. The van der Waals surface area contributed by atoms with Gasteiger partial charge in [0.2, 0.25) is 0 Å². The molecule has 0 spiro atoms. The zero-order valence-electron chi connectivity index (χ0n) is 9.79. The van der Waals surface area contributed by atoms with E-state index in [1.54, 1.807) is 0 Å². The van der Waals surface area contributed by atoms with E-state index in [1.165, 1.54) is 0 Å². The number of rotatable bonds is 5. The molecular formula is C13H18ClNO. The van der Waals surface area contributed by atoms with Crippen LogP contribution in [0.5, 0.6) is 5.75 Å². The van der Waals surface area contributed by atoms with Crippen LogP contribution in [-0.2, 0) is 0 Å². The standard InChI is InChI=1S/C13H18ClNO/c1-4-9(2)8-16-13-6-5-11(10(3)15)7-12(13)14/h5-7,10H,2,4,8,15H2,1,3H3/t10-/m1/s1. The second-order valence-electron chi connectivity index (χ2n) is 3.87. The first kappa shape index (κ1) is 13.1. The van der Waals surface area contributed by atoms with Crippen LogP contribution < -0.4 is 10.5 Å². The molecule has 0 radical (unpaired) electrons. The highest BCUT2D eigenvalue weighted by Gasteiger charge is 2.06. The fourth-order valence-electron chi connectivity index (χ4n) is 1.20. The van der Waals surface area contributed by atoms with Crippen molar-refractivity contribution in [1.29, 1.82) is 0 Å². The molecule has 88 valence electrons. The van der Waals surface area contributed by atoms with Gasteiger partial charge in [0, 0.05) is 6.04 Å². The fraction of sp³-hybridized carbons (Fsp3) is 0.385. The van der Waals surface area contributed by atoms with Gasteiger partial charge in [-0.2, -0.15) is 0 Å². The summed E-state index contributed by atoms with van der Waals surface area (Å²) in [4.78, 5) is 0. The van der Waals surface area contributed by atoms with E-state index in [0.717, 1.165) is 17.6 Å². The molecule has 2 nitrogen and oxygen atoms in total. The third kappa shape index (κ3) is 3.54. The summed E-state index contributed by atoms with van der Waals surface area (Å²) in [7, 11) is 0. The van der Waals surface area contributed by atoms with Crippen LogP contribution in [0.4, 0.5) is 0 Å². The minimum atomic E-state index is -0.0165. The number of ether oxygens (including phenoxy) is 1. The van der Waals surface area contributed by atoms with E-state index in [9.17, 15) is 0 Å². The van der Waals surface area contributed by atoms with Gasteiger partial charge in [0.1, 0.15) is 12.4 Å². The summed E-state index contributed by atoms with van der Waals surface area (Å²) >= 11 is 6.09. The molecule has 0 saturated carbocycles. The number of nitrogens with two attached hydrogens (primary N) is 1. The Labute approximate surface area is 102 Å². The van der Waals surface area contributed by atoms with E-state index in [1.807, 2.05) is 32.0 Å². The minimum Gasteiger partial charge on any atom is -0.488 e. The largest absolute Gasteiger partial charge is 0.488 e. The maximum absolute atomic E-state index is 6.09. The van der Waals surface area contributed by atoms with Crippen molar-refractivity contribution in [3.63, 3.8) is 0 Å². The van der Waals surface area contributed by atoms with Gasteiger partial charge in [-0.1, -0.05) is 31.2 Å². The van der Waals surface area contributed by atoms with Crippen LogP contribution in [0.15, 0.2) is 30.4 Å². The quantitative estimate of drug-likeness (QED) is 0.796. The SMILES string of the molecule is C=C(CC)COc1ccc([C@@H](C)N)cc1Cl. The molecule has 1 aromatic rings. The van der Waals surface area contributed by atoms with Crippen LogP contribution in [0.25, 0.3) is 0 Å². The van der Waals surface area contributed by atoms with E-state index in [-0.39, 0.29) is 6.04 Å². The molecule has 2 N–H and O–H groups in total. The van der Waals surface area contributed by atoms with Gasteiger partial charge in [-0.15, -0.1) is 0 Å². The molecule has 16 heavy (non-hydrogen) atoms. The molecule has 0 aliphatic heterocycles. The minimum absolute atomic E-state index is 0.0165. The molecule has 1 rings (SSSR count). The fourth-order valence-corrected chi connectivity index (χ4v) is 1.44. The average molecular weight is 240 g/mol. The molecule has 0 aliphatic rings. The summed E-state index contributed by atoms with van der Waals surface area (Å²) in [5.41, 5.74) is 7.82. The zero-order valence-corrected chi connectivity index (χ0v) is 10.6. The summed E-state index contributed by atoms with van der Waals surface area (Å²) in [5, 5.41) is 0.596. The Bertz CT molecular complexity index is 374. The number of halogens is 1. The molecule has 0 aliphatic carbocycles. The molecule has 0 saturated heterocycles. The normalized spacial score (nSPS) is 12.2. The molecule has 3 heteroatoms. The Morgan fingerprint density at radius 2 is 2.25 bits per heavy atom. The van der Waals surface area contributed by atoms with Crippen LogP contribution in [0, 0.1) is 0 Å². The number of hydrogen-bond donors (Lipinski definition) is 1. The molecular weight excluding hydrogens is 222 g/mol. The Morgan fingerprint density at radius 3 is 2.75 bits per heavy atom. The lowest BCUT2D eigenvalue weighted by Crippen LogP contribution is -2.05. The second kappa shape index (κ2) is 5.92. The Morgan fingerprint density at radius 1 is 1.56 bits per heavy atom. The van der Waals surface area contributed by atoms with Gasteiger partial charge in [-0.3, -0.25) is 0 Å². The van der Waals surface area contributed by atoms with Crippen molar-refractivity contribution in [1.82, 2.24) is 0 Å².